The topological polar surface area (TPSA) is 35.2 Å². The Hall–Kier alpha value is -1.96. The van der Waals surface area contributed by atoms with E-state index in [1.807, 2.05) is 43.3 Å². The third kappa shape index (κ3) is 3.25. The highest BCUT2D eigenvalue weighted by atomic mass is 16.5. The van der Waals surface area contributed by atoms with E-state index in [0.29, 0.717) is 6.61 Å². The number of nitrogen functional groups attached to an aromatic ring is 1. The van der Waals surface area contributed by atoms with Crippen molar-refractivity contribution in [2.45, 2.75) is 13.3 Å². The molecule has 0 bridgehead atoms. The number of hydrogen-bond donors (Lipinski definition) is 1. The molecular weight excluding hydrogens is 210 g/mol. The Bertz CT molecular complexity index is 480. The third-order valence-electron chi connectivity index (χ3n) is 2.70. The number of hydrogen-bond acceptors (Lipinski definition) is 2. The van der Waals surface area contributed by atoms with E-state index >= 15 is 0 Å². The molecule has 0 aliphatic rings. The first-order chi connectivity index (χ1) is 8.25. The molecule has 17 heavy (non-hydrogen) atoms. The van der Waals surface area contributed by atoms with Crippen LogP contribution in [0.4, 0.5) is 5.69 Å². The first kappa shape index (κ1) is 11.5. The predicted molar refractivity (Wildman–Crippen MR) is 71.2 cm³/mol. The van der Waals surface area contributed by atoms with Crippen molar-refractivity contribution in [2.75, 3.05) is 12.3 Å². The maximum Gasteiger partial charge on any atom is 0.124 e. The van der Waals surface area contributed by atoms with Crippen LogP contribution in [0.1, 0.15) is 11.1 Å². The highest BCUT2D eigenvalue weighted by Crippen LogP contribution is 2.20. The normalized spacial score (nSPS) is 10.2. The maximum atomic E-state index is 5.74. The average Bonchev–Trinajstić information content (AvgIpc) is 2.35. The second-order valence-corrected chi connectivity index (χ2v) is 4.11. The van der Waals surface area contributed by atoms with E-state index in [1.54, 1.807) is 0 Å². The van der Waals surface area contributed by atoms with E-state index < -0.39 is 0 Å². The fraction of sp³-hybridized carbons (Fsp3) is 0.200. The standard InChI is InChI=1S/C15H17NO/c1-12-7-8-14(16)11-15(12)17-10-9-13-5-3-2-4-6-13/h2-8,11H,9-10,16H2,1H3. The number of benzene rings is 2. The maximum absolute atomic E-state index is 5.74. The van der Waals surface area contributed by atoms with Gasteiger partial charge in [-0.1, -0.05) is 36.4 Å². The van der Waals surface area contributed by atoms with Crippen LogP contribution in [-0.4, -0.2) is 6.61 Å². The molecule has 2 nitrogen and oxygen atoms in total. The Morgan fingerprint density at radius 1 is 1.06 bits per heavy atom. The summed E-state index contributed by atoms with van der Waals surface area (Å²) in [7, 11) is 0. The van der Waals surface area contributed by atoms with Crippen molar-refractivity contribution >= 4 is 5.69 Å². The Balaban J connectivity index is 1.92. The highest BCUT2D eigenvalue weighted by molar-refractivity contribution is 5.47. The van der Waals surface area contributed by atoms with E-state index in [2.05, 4.69) is 12.1 Å². The van der Waals surface area contributed by atoms with Crippen LogP contribution >= 0.6 is 0 Å². The van der Waals surface area contributed by atoms with Crippen molar-refractivity contribution in [2.24, 2.45) is 0 Å². The van der Waals surface area contributed by atoms with E-state index in [0.717, 1.165) is 23.4 Å². The van der Waals surface area contributed by atoms with Crippen LogP contribution in [0.15, 0.2) is 48.5 Å². The molecule has 0 saturated carbocycles. The molecule has 0 aliphatic carbocycles. The molecule has 2 aromatic carbocycles. The minimum Gasteiger partial charge on any atom is -0.493 e. The van der Waals surface area contributed by atoms with Crippen molar-refractivity contribution in [3.05, 3.63) is 59.7 Å². The van der Waals surface area contributed by atoms with Gasteiger partial charge in [-0.25, -0.2) is 0 Å². The van der Waals surface area contributed by atoms with Crippen molar-refractivity contribution in [3.8, 4) is 5.75 Å². The summed E-state index contributed by atoms with van der Waals surface area (Å²) in [6.45, 7) is 2.70. The summed E-state index contributed by atoms with van der Waals surface area (Å²) in [4.78, 5) is 0. The zero-order valence-corrected chi connectivity index (χ0v) is 10.0. The largest absolute Gasteiger partial charge is 0.493 e. The van der Waals surface area contributed by atoms with E-state index in [4.69, 9.17) is 10.5 Å². The molecule has 0 unspecified atom stereocenters. The first-order valence-electron chi connectivity index (χ1n) is 5.78. The van der Waals surface area contributed by atoms with Gasteiger partial charge in [-0.05, 0) is 24.1 Å². The Labute approximate surface area is 102 Å². The molecule has 2 rings (SSSR count). The minimum absolute atomic E-state index is 0.675. The van der Waals surface area contributed by atoms with Crippen LogP contribution < -0.4 is 10.5 Å². The summed E-state index contributed by atoms with van der Waals surface area (Å²) >= 11 is 0. The van der Waals surface area contributed by atoms with Crippen LogP contribution in [0.5, 0.6) is 5.75 Å². The zero-order valence-electron chi connectivity index (χ0n) is 10.0. The lowest BCUT2D eigenvalue weighted by Gasteiger charge is -2.09. The van der Waals surface area contributed by atoms with Gasteiger partial charge in [-0.2, -0.15) is 0 Å². The van der Waals surface area contributed by atoms with Gasteiger partial charge in [0.1, 0.15) is 5.75 Å². The van der Waals surface area contributed by atoms with Crippen LogP contribution in [0, 0.1) is 6.92 Å². The molecule has 2 N–H and O–H groups in total. The molecule has 88 valence electrons. The lowest BCUT2D eigenvalue weighted by atomic mass is 10.1. The van der Waals surface area contributed by atoms with Crippen molar-refractivity contribution < 1.29 is 4.74 Å². The predicted octanol–water partition coefficient (Wildman–Crippen LogP) is 3.20. The van der Waals surface area contributed by atoms with E-state index in [-0.39, 0.29) is 0 Å². The summed E-state index contributed by atoms with van der Waals surface area (Å²) in [6.07, 6.45) is 0.912. The van der Waals surface area contributed by atoms with E-state index in [9.17, 15) is 0 Å². The summed E-state index contributed by atoms with van der Waals surface area (Å²) < 4.78 is 5.74. The fourth-order valence-corrected chi connectivity index (χ4v) is 1.70. The SMILES string of the molecule is Cc1ccc(N)cc1OCCc1ccccc1. The quantitative estimate of drug-likeness (QED) is 0.814. The van der Waals surface area contributed by atoms with Crippen molar-refractivity contribution in [1.29, 1.82) is 0 Å². The Morgan fingerprint density at radius 2 is 1.82 bits per heavy atom. The number of nitrogens with two attached hydrogens (primary N) is 1. The molecule has 0 saturated heterocycles. The van der Waals surface area contributed by atoms with Crippen molar-refractivity contribution in [1.82, 2.24) is 0 Å². The second kappa shape index (κ2) is 5.39. The number of rotatable bonds is 4. The van der Waals surface area contributed by atoms with Gasteiger partial charge in [-0.15, -0.1) is 0 Å². The van der Waals surface area contributed by atoms with Gasteiger partial charge in [0.25, 0.3) is 0 Å². The summed E-state index contributed by atoms with van der Waals surface area (Å²) in [5.41, 5.74) is 8.88. The minimum atomic E-state index is 0.675. The lowest BCUT2D eigenvalue weighted by molar-refractivity contribution is 0.320. The Kier molecular flexibility index (Phi) is 3.66. The first-order valence-corrected chi connectivity index (χ1v) is 5.78. The van der Waals surface area contributed by atoms with E-state index in [1.165, 1.54) is 5.56 Å². The molecule has 2 aromatic rings. The van der Waals surface area contributed by atoms with Crippen LogP contribution in [0.2, 0.25) is 0 Å². The highest BCUT2D eigenvalue weighted by Gasteiger charge is 2.00. The molecule has 0 atom stereocenters. The van der Waals surface area contributed by atoms with Gasteiger partial charge >= 0.3 is 0 Å². The van der Waals surface area contributed by atoms with Gasteiger partial charge in [-0.3, -0.25) is 0 Å². The molecule has 0 heterocycles. The summed E-state index contributed by atoms with van der Waals surface area (Å²) in [5.74, 6) is 0.876. The van der Waals surface area contributed by atoms with Crippen LogP contribution in [-0.2, 0) is 6.42 Å². The molecule has 0 spiro atoms. The fourth-order valence-electron chi connectivity index (χ4n) is 1.70. The average molecular weight is 227 g/mol. The van der Waals surface area contributed by atoms with Crippen LogP contribution in [0.3, 0.4) is 0 Å². The number of ether oxygens (including phenoxy) is 1. The van der Waals surface area contributed by atoms with Crippen molar-refractivity contribution in [3.63, 3.8) is 0 Å². The van der Waals surface area contributed by atoms with Gasteiger partial charge in [0, 0.05) is 18.2 Å². The number of anilines is 1. The van der Waals surface area contributed by atoms with Gasteiger partial charge in [0.2, 0.25) is 0 Å². The zero-order chi connectivity index (χ0) is 12.1. The molecular formula is C15H17NO. The molecule has 0 radical (unpaired) electrons. The second-order valence-electron chi connectivity index (χ2n) is 4.11. The Morgan fingerprint density at radius 3 is 2.59 bits per heavy atom. The smallest absolute Gasteiger partial charge is 0.124 e. The molecule has 0 aromatic heterocycles. The lowest BCUT2D eigenvalue weighted by Crippen LogP contribution is -2.02. The van der Waals surface area contributed by atoms with Gasteiger partial charge in [0.05, 0.1) is 6.61 Å². The molecule has 0 fully saturated rings. The molecule has 0 amide bonds. The third-order valence-corrected chi connectivity index (χ3v) is 2.70. The van der Waals surface area contributed by atoms with Crippen LogP contribution in [0.25, 0.3) is 0 Å². The van der Waals surface area contributed by atoms with Gasteiger partial charge < -0.3 is 10.5 Å². The molecule has 2 heteroatoms. The van der Waals surface area contributed by atoms with Gasteiger partial charge in [0.15, 0.2) is 0 Å². The summed E-state index contributed by atoms with van der Waals surface area (Å²) in [5, 5.41) is 0. The monoisotopic (exact) mass is 227 g/mol. The molecule has 0 aliphatic heterocycles. The number of aryl methyl sites for hydroxylation is 1. The summed E-state index contributed by atoms with van der Waals surface area (Å²) in [6, 6.07) is 16.1.